The summed E-state index contributed by atoms with van der Waals surface area (Å²) >= 11 is 12.6. The number of imide groups is 2. The van der Waals surface area contributed by atoms with Gasteiger partial charge in [0, 0.05) is 41.5 Å². The van der Waals surface area contributed by atoms with Crippen molar-refractivity contribution in [3.05, 3.63) is 123 Å². The average molecular weight is 847 g/mol. The van der Waals surface area contributed by atoms with Gasteiger partial charge in [-0.15, -0.1) is 0 Å². The number of morpholine rings is 1. The number of alkyl halides is 3. The van der Waals surface area contributed by atoms with Crippen LogP contribution in [0, 0.1) is 30.6 Å². The molecule has 3 aromatic carbocycles. The van der Waals surface area contributed by atoms with Crippen LogP contribution < -0.4 is 15.2 Å². The molecule has 11 nitrogen and oxygen atoms in total. The summed E-state index contributed by atoms with van der Waals surface area (Å²) in [7, 11) is 0. The van der Waals surface area contributed by atoms with Gasteiger partial charge >= 0.3 is 6.18 Å². The minimum absolute atomic E-state index is 0.0571. The molecule has 9 rings (SSSR count). The summed E-state index contributed by atoms with van der Waals surface area (Å²) in [6.45, 7) is 4.30. The number of benzene rings is 3. The van der Waals surface area contributed by atoms with Gasteiger partial charge in [0.2, 0.25) is 11.8 Å². The van der Waals surface area contributed by atoms with Crippen molar-refractivity contribution in [3.8, 4) is 5.75 Å². The average Bonchev–Trinajstić information content (AvgIpc) is 3.60. The number of hydrogen-bond acceptors (Lipinski definition) is 9. The first-order valence-corrected chi connectivity index (χ1v) is 19.9. The second-order valence-electron chi connectivity index (χ2n) is 15.6. The molecule has 304 valence electrons. The fourth-order valence-corrected chi connectivity index (χ4v) is 10.3. The maximum atomic E-state index is 15.4. The van der Waals surface area contributed by atoms with E-state index in [1.807, 2.05) is 18.2 Å². The van der Waals surface area contributed by atoms with E-state index in [9.17, 15) is 32.7 Å². The number of halogens is 5. The van der Waals surface area contributed by atoms with Crippen molar-refractivity contribution >= 4 is 64.0 Å². The Bertz CT molecular complexity index is 2440. The zero-order valence-corrected chi connectivity index (χ0v) is 32.9. The van der Waals surface area contributed by atoms with Gasteiger partial charge in [0.25, 0.3) is 11.8 Å². The first-order chi connectivity index (χ1) is 28.2. The SMILES string of the molecule is Cc1cccc(C2C3=CCC4C(=O)N(c5ccc(N6CCOCC6)cc5)C(=O)C4C3CC3C(=O)N(Nc4ncc(C(F)(F)F)cc4Cl)C(=O)C32c2ccc(Cl)cc2)c1O. The lowest BCUT2D eigenvalue weighted by Crippen LogP contribution is -2.53. The van der Waals surface area contributed by atoms with Crippen molar-refractivity contribution in [2.75, 3.05) is 41.5 Å². The Morgan fingerprint density at radius 3 is 2.27 bits per heavy atom. The van der Waals surface area contributed by atoms with Gasteiger partial charge in [-0.1, -0.05) is 65.2 Å². The third-order valence-electron chi connectivity index (χ3n) is 12.6. The Kier molecular flexibility index (Phi) is 9.52. The number of anilines is 3. The summed E-state index contributed by atoms with van der Waals surface area (Å²) in [5.41, 5.74) is 2.86. The van der Waals surface area contributed by atoms with Crippen LogP contribution in [0.1, 0.15) is 41.0 Å². The van der Waals surface area contributed by atoms with Gasteiger partial charge in [0.15, 0.2) is 5.82 Å². The number of amides is 4. The predicted molar refractivity (Wildman–Crippen MR) is 212 cm³/mol. The molecule has 1 aromatic heterocycles. The molecule has 0 radical (unpaired) electrons. The minimum Gasteiger partial charge on any atom is -0.507 e. The molecule has 4 fully saturated rings. The first kappa shape index (κ1) is 39.0. The van der Waals surface area contributed by atoms with Crippen molar-refractivity contribution in [1.29, 1.82) is 0 Å². The van der Waals surface area contributed by atoms with Crippen LogP contribution in [-0.4, -0.2) is 65.0 Å². The number of pyridine rings is 1. The number of aromatic hydroxyl groups is 1. The van der Waals surface area contributed by atoms with E-state index in [-0.39, 0.29) is 30.3 Å². The van der Waals surface area contributed by atoms with Crippen LogP contribution in [0.4, 0.5) is 30.4 Å². The molecule has 2 N–H and O–H groups in total. The van der Waals surface area contributed by atoms with E-state index >= 15 is 4.79 Å². The van der Waals surface area contributed by atoms with Crippen LogP contribution >= 0.6 is 23.2 Å². The van der Waals surface area contributed by atoms with Crippen LogP contribution in [0.2, 0.25) is 10.0 Å². The summed E-state index contributed by atoms with van der Waals surface area (Å²) in [6, 6.07) is 19.4. The molecule has 0 spiro atoms. The number of fused-ring (bicyclic) bond motifs is 4. The number of phenols is 1. The van der Waals surface area contributed by atoms with Crippen molar-refractivity contribution in [3.63, 3.8) is 0 Å². The van der Waals surface area contributed by atoms with E-state index in [1.165, 1.54) is 4.90 Å². The number of nitrogens with one attached hydrogen (secondary N) is 1. The van der Waals surface area contributed by atoms with Gasteiger partial charge in [0.05, 0.1) is 52.7 Å². The number of ether oxygens (including phenoxy) is 1. The smallest absolute Gasteiger partial charge is 0.417 e. The van der Waals surface area contributed by atoms with Crippen LogP contribution in [0.15, 0.2) is 90.6 Å². The van der Waals surface area contributed by atoms with Crippen molar-refractivity contribution in [1.82, 2.24) is 9.99 Å². The summed E-state index contributed by atoms with van der Waals surface area (Å²) in [6.07, 6.45) is -2.25. The van der Waals surface area contributed by atoms with Gasteiger partial charge < -0.3 is 14.7 Å². The Balaban J connectivity index is 1.17. The molecule has 6 atom stereocenters. The zero-order chi connectivity index (χ0) is 41.5. The normalized spacial score (nSPS) is 26.8. The van der Waals surface area contributed by atoms with E-state index in [0.717, 1.165) is 10.7 Å². The fourth-order valence-electron chi connectivity index (χ4n) is 9.93. The molecular weight excluding hydrogens is 810 g/mol. The van der Waals surface area contributed by atoms with E-state index in [0.29, 0.717) is 71.5 Å². The minimum atomic E-state index is -4.76. The third kappa shape index (κ3) is 6.09. The molecule has 59 heavy (non-hydrogen) atoms. The summed E-state index contributed by atoms with van der Waals surface area (Å²) in [4.78, 5) is 66.5. The Labute approximate surface area is 346 Å². The number of aryl methyl sites for hydroxylation is 1. The maximum Gasteiger partial charge on any atom is 0.417 e. The number of rotatable bonds is 6. The van der Waals surface area contributed by atoms with Gasteiger partial charge in [0.1, 0.15) is 5.75 Å². The number of hydrazine groups is 1. The van der Waals surface area contributed by atoms with Crippen molar-refractivity contribution in [2.45, 2.75) is 37.3 Å². The number of phenolic OH excluding ortho intramolecular Hbond substituents is 1. The van der Waals surface area contributed by atoms with E-state index in [1.54, 1.807) is 61.5 Å². The molecule has 6 unspecified atom stereocenters. The number of para-hydroxylation sites is 1. The van der Waals surface area contributed by atoms with Crippen LogP contribution in [0.5, 0.6) is 5.75 Å². The maximum absolute atomic E-state index is 15.4. The number of hydrogen-bond donors (Lipinski definition) is 2. The van der Waals surface area contributed by atoms with Crippen molar-refractivity contribution < 1.29 is 42.2 Å². The summed E-state index contributed by atoms with van der Waals surface area (Å²) < 4.78 is 46.1. The molecule has 2 aliphatic carbocycles. The third-order valence-corrected chi connectivity index (χ3v) is 13.2. The highest BCUT2D eigenvalue weighted by Gasteiger charge is 2.70. The van der Waals surface area contributed by atoms with Gasteiger partial charge in [-0.25, -0.2) is 4.98 Å². The molecular formula is C43H36Cl2F3N5O6. The van der Waals surface area contributed by atoms with E-state index in [2.05, 4.69) is 15.3 Å². The highest BCUT2D eigenvalue weighted by molar-refractivity contribution is 6.33. The number of allylic oxidation sites excluding steroid dienone is 2. The lowest BCUT2D eigenvalue weighted by atomic mass is 9.49. The van der Waals surface area contributed by atoms with E-state index in [4.69, 9.17) is 27.9 Å². The summed E-state index contributed by atoms with van der Waals surface area (Å²) in [5, 5.41) is 12.4. The Morgan fingerprint density at radius 1 is 0.898 bits per heavy atom. The second-order valence-corrected chi connectivity index (χ2v) is 16.4. The Morgan fingerprint density at radius 2 is 1.59 bits per heavy atom. The molecule has 0 bridgehead atoms. The van der Waals surface area contributed by atoms with Crippen LogP contribution in [-0.2, 0) is 35.5 Å². The second kappa shape index (κ2) is 14.4. The first-order valence-electron chi connectivity index (χ1n) is 19.1. The van der Waals surface area contributed by atoms with Gasteiger partial charge in [-0.2, -0.15) is 18.2 Å². The van der Waals surface area contributed by atoms with Gasteiger partial charge in [-0.05, 0) is 79.3 Å². The predicted octanol–water partition coefficient (Wildman–Crippen LogP) is 7.45. The van der Waals surface area contributed by atoms with E-state index < -0.39 is 69.5 Å². The van der Waals surface area contributed by atoms with Crippen LogP contribution in [0.3, 0.4) is 0 Å². The quantitative estimate of drug-likeness (QED) is 0.150. The highest BCUT2D eigenvalue weighted by atomic mass is 35.5. The molecule has 3 saturated heterocycles. The molecule has 3 aliphatic heterocycles. The van der Waals surface area contributed by atoms with Crippen LogP contribution in [0.25, 0.3) is 0 Å². The number of carbonyl (C=O) groups excluding carboxylic acids is 4. The standard InChI is InChI=1S/C43H36Cl2F3N5O6/c1-22-3-2-4-30(36(22)54)35-28-13-14-29-34(40(57)52(38(29)55)27-11-9-26(10-12-27)51-15-17-59-18-16-51)31(28)20-32-39(56)53(41(58)42(32,35)23-5-7-25(44)8-6-23)50-37-33(45)19-24(21-49-37)43(46,47)48/h2-13,19,21,29,31-32,34-35,54H,14-18,20H2,1H3,(H,49,50). The molecule has 1 saturated carbocycles. The lowest BCUT2D eigenvalue weighted by molar-refractivity contribution is -0.139. The monoisotopic (exact) mass is 845 g/mol. The zero-order valence-electron chi connectivity index (χ0n) is 31.4. The largest absolute Gasteiger partial charge is 0.507 e. The topological polar surface area (TPSA) is 132 Å². The number of nitrogens with zero attached hydrogens (tertiary/aromatic N) is 4. The summed E-state index contributed by atoms with van der Waals surface area (Å²) in [5.74, 6) is -7.52. The van der Waals surface area contributed by atoms with Gasteiger partial charge in [-0.3, -0.25) is 29.5 Å². The molecule has 4 aromatic rings. The molecule has 4 amide bonds. The molecule has 16 heteroatoms. The number of carbonyl (C=O) groups is 4. The Hall–Kier alpha value is -5.44. The number of aromatic nitrogens is 1. The molecule has 4 heterocycles. The fraction of sp³-hybridized carbons (Fsp3) is 0.326. The highest BCUT2D eigenvalue weighted by Crippen LogP contribution is 2.65. The van der Waals surface area contributed by atoms with Crippen molar-refractivity contribution in [2.24, 2.45) is 23.7 Å². The molecule has 5 aliphatic rings. The lowest BCUT2D eigenvalue weighted by Gasteiger charge is -2.50.